The van der Waals surface area contributed by atoms with Gasteiger partial charge in [-0.05, 0) is 55.5 Å². The van der Waals surface area contributed by atoms with Gasteiger partial charge >= 0.3 is 5.97 Å². The lowest BCUT2D eigenvalue weighted by Crippen LogP contribution is -2.38. The van der Waals surface area contributed by atoms with E-state index in [1.165, 1.54) is 55.6 Å². The minimum atomic E-state index is -4.13. The van der Waals surface area contributed by atoms with E-state index in [2.05, 4.69) is 5.32 Å². The largest absolute Gasteiger partial charge is 0.495 e. The van der Waals surface area contributed by atoms with Crippen LogP contribution < -0.4 is 14.4 Å². The molecule has 3 aromatic rings. The molecular weight excluding hydrogens is 515 g/mol. The van der Waals surface area contributed by atoms with Crippen molar-refractivity contribution < 1.29 is 27.5 Å². The molecule has 0 aromatic heterocycles. The molecule has 0 spiro atoms. The molecule has 184 valence electrons. The van der Waals surface area contributed by atoms with Gasteiger partial charge in [0.2, 0.25) is 5.91 Å². The number of esters is 1. The molecule has 0 heterocycles. The van der Waals surface area contributed by atoms with Crippen LogP contribution in [0.25, 0.3) is 0 Å². The monoisotopic (exact) mass is 536 g/mol. The highest BCUT2D eigenvalue weighted by Crippen LogP contribution is 2.32. The molecular formula is C24H22Cl2N2O6S. The molecule has 0 aliphatic heterocycles. The highest BCUT2D eigenvalue weighted by atomic mass is 35.5. The number of benzene rings is 3. The van der Waals surface area contributed by atoms with Gasteiger partial charge in [0.05, 0.1) is 45.6 Å². The van der Waals surface area contributed by atoms with Crippen molar-refractivity contribution in [2.75, 3.05) is 29.9 Å². The molecule has 0 atom stereocenters. The minimum absolute atomic E-state index is 0.00318. The average molecular weight is 537 g/mol. The van der Waals surface area contributed by atoms with Crippen molar-refractivity contribution >= 4 is 56.5 Å². The first-order chi connectivity index (χ1) is 16.7. The number of ether oxygens (including phenoxy) is 2. The Morgan fingerprint density at radius 1 is 0.971 bits per heavy atom. The van der Waals surface area contributed by atoms with Crippen LogP contribution in [0.4, 0.5) is 11.4 Å². The molecule has 0 radical (unpaired) electrons. The zero-order valence-corrected chi connectivity index (χ0v) is 21.2. The lowest BCUT2D eigenvalue weighted by atomic mass is 10.2. The van der Waals surface area contributed by atoms with Crippen LogP contribution in [0.15, 0.2) is 71.6 Å². The van der Waals surface area contributed by atoms with E-state index < -0.39 is 28.4 Å². The second-order valence-electron chi connectivity index (χ2n) is 7.11. The van der Waals surface area contributed by atoms with Gasteiger partial charge in [0.15, 0.2) is 0 Å². The predicted octanol–water partition coefficient (Wildman–Crippen LogP) is 5.01. The van der Waals surface area contributed by atoms with Crippen molar-refractivity contribution in [1.82, 2.24) is 0 Å². The van der Waals surface area contributed by atoms with Gasteiger partial charge < -0.3 is 14.8 Å². The molecule has 35 heavy (non-hydrogen) atoms. The van der Waals surface area contributed by atoms with Gasteiger partial charge in [-0.2, -0.15) is 0 Å². The number of sulfonamides is 1. The Bertz CT molecular complexity index is 1330. The molecule has 0 aliphatic rings. The first-order valence-corrected chi connectivity index (χ1v) is 12.5. The Balaban J connectivity index is 1.91. The van der Waals surface area contributed by atoms with Crippen LogP contribution in [0, 0.1) is 0 Å². The smallest absolute Gasteiger partial charge is 0.338 e. The lowest BCUT2D eigenvalue weighted by Gasteiger charge is -2.24. The summed E-state index contributed by atoms with van der Waals surface area (Å²) in [5.74, 6) is -0.864. The van der Waals surface area contributed by atoms with E-state index in [1.54, 1.807) is 25.1 Å². The fourth-order valence-corrected chi connectivity index (χ4v) is 5.04. The molecule has 0 unspecified atom stereocenters. The molecule has 3 aromatic carbocycles. The standard InChI is InChI=1S/C24H22Cl2N2O6S/c1-3-34-24(30)16-9-11-21(19(25)13-16)27-23(29)15-28(17-10-12-22(33-2)20(26)14-17)35(31,32)18-7-5-4-6-8-18/h4-14H,3,15H2,1-2H3,(H,27,29). The van der Waals surface area contributed by atoms with Gasteiger partial charge in [-0.25, -0.2) is 13.2 Å². The Morgan fingerprint density at radius 2 is 1.69 bits per heavy atom. The van der Waals surface area contributed by atoms with Crippen molar-refractivity contribution in [3.63, 3.8) is 0 Å². The number of nitrogens with zero attached hydrogens (tertiary/aromatic N) is 1. The minimum Gasteiger partial charge on any atom is -0.495 e. The zero-order valence-electron chi connectivity index (χ0n) is 18.8. The van der Waals surface area contributed by atoms with Crippen molar-refractivity contribution in [1.29, 1.82) is 0 Å². The second kappa shape index (κ2) is 11.4. The van der Waals surface area contributed by atoms with Crippen LogP contribution >= 0.6 is 23.2 Å². The maximum absolute atomic E-state index is 13.4. The number of carbonyl (C=O) groups is 2. The van der Waals surface area contributed by atoms with Gasteiger partial charge in [-0.1, -0.05) is 41.4 Å². The number of carbonyl (C=O) groups excluding carboxylic acids is 2. The van der Waals surface area contributed by atoms with Crippen LogP contribution in [-0.2, 0) is 19.6 Å². The molecule has 1 amide bonds. The van der Waals surface area contributed by atoms with Crippen LogP contribution in [0.3, 0.4) is 0 Å². The first-order valence-electron chi connectivity index (χ1n) is 10.3. The Labute approximate surface area is 213 Å². The van der Waals surface area contributed by atoms with Crippen molar-refractivity contribution in [3.05, 3.63) is 82.3 Å². The fourth-order valence-electron chi connectivity index (χ4n) is 3.12. The summed E-state index contributed by atoms with van der Waals surface area (Å²) in [5, 5.41) is 2.85. The van der Waals surface area contributed by atoms with E-state index in [0.717, 1.165) is 4.31 Å². The first kappa shape index (κ1) is 26.3. The van der Waals surface area contributed by atoms with Gasteiger partial charge in [0.1, 0.15) is 12.3 Å². The highest BCUT2D eigenvalue weighted by molar-refractivity contribution is 7.92. The Kier molecular flexibility index (Phi) is 8.61. The van der Waals surface area contributed by atoms with E-state index in [1.807, 2.05) is 0 Å². The molecule has 3 rings (SSSR count). The third-order valence-corrected chi connectivity index (χ3v) is 7.19. The fraction of sp³-hybridized carbons (Fsp3) is 0.167. The maximum atomic E-state index is 13.4. The molecule has 1 N–H and O–H groups in total. The van der Waals surface area contributed by atoms with Gasteiger partial charge in [-0.3, -0.25) is 9.10 Å². The van der Waals surface area contributed by atoms with E-state index in [4.69, 9.17) is 32.7 Å². The van der Waals surface area contributed by atoms with Crippen LogP contribution in [-0.4, -0.2) is 40.6 Å². The third kappa shape index (κ3) is 6.25. The van der Waals surface area contributed by atoms with E-state index in [9.17, 15) is 18.0 Å². The SMILES string of the molecule is CCOC(=O)c1ccc(NC(=O)CN(c2ccc(OC)c(Cl)c2)S(=O)(=O)c2ccccc2)c(Cl)c1. The normalized spacial score (nSPS) is 11.0. The Morgan fingerprint density at radius 3 is 2.29 bits per heavy atom. The van der Waals surface area contributed by atoms with Crippen molar-refractivity contribution in [2.24, 2.45) is 0 Å². The predicted molar refractivity (Wildman–Crippen MR) is 135 cm³/mol. The van der Waals surface area contributed by atoms with E-state index in [0.29, 0.717) is 5.75 Å². The summed E-state index contributed by atoms with van der Waals surface area (Å²) >= 11 is 12.4. The van der Waals surface area contributed by atoms with Crippen LogP contribution in [0.1, 0.15) is 17.3 Å². The molecule has 8 nitrogen and oxygen atoms in total. The average Bonchev–Trinajstić information content (AvgIpc) is 2.84. The number of rotatable bonds is 9. The molecule has 0 saturated carbocycles. The van der Waals surface area contributed by atoms with Crippen LogP contribution in [0.5, 0.6) is 5.75 Å². The van der Waals surface area contributed by atoms with Crippen LogP contribution in [0.2, 0.25) is 10.0 Å². The van der Waals surface area contributed by atoms with Gasteiger partial charge in [0, 0.05) is 0 Å². The number of hydrogen-bond acceptors (Lipinski definition) is 6. The van der Waals surface area contributed by atoms with Crippen molar-refractivity contribution in [3.8, 4) is 5.75 Å². The molecule has 11 heteroatoms. The number of halogens is 2. The summed E-state index contributed by atoms with van der Waals surface area (Å²) in [4.78, 5) is 24.8. The topological polar surface area (TPSA) is 102 Å². The number of amides is 1. The molecule has 0 aliphatic carbocycles. The zero-order chi connectivity index (χ0) is 25.6. The molecule has 0 saturated heterocycles. The summed E-state index contributed by atoms with van der Waals surface area (Å²) < 4.78 is 37.9. The quantitative estimate of drug-likeness (QED) is 0.385. The van der Waals surface area contributed by atoms with Gasteiger partial charge in [0.25, 0.3) is 10.0 Å². The Hall–Kier alpha value is -3.27. The number of anilines is 2. The molecule has 0 fully saturated rings. The van der Waals surface area contributed by atoms with E-state index in [-0.39, 0.29) is 38.5 Å². The third-order valence-electron chi connectivity index (χ3n) is 4.80. The molecule has 0 bridgehead atoms. The van der Waals surface area contributed by atoms with E-state index >= 15 is 0 Å². The summed E-state index contributed by atoms with van der Waals surface area (Å²) in [7, 11) is -2.70. The summed E-state index contributed by atoms with van der Waals surface area (Å²) in [6.45, 7) is 1.31. The number of methoxy groups -OCH3 is 1. The maximum Gasteiger partial charge on any atom is 0.338 e. The highest BCUT2D eigenvalue weighted by Gasteiger charge is 2.28. The van der Waals surface area contributed by atoms with Gasteiger partial charge in [-0.15, -0.1) is 0 Å². The number of nitrogens with one attached hydrogen (secondary N) is 1. The summed E-state index contributed by atoms with van der Waals surface area (Å²) in [5.41, 5.74) is 0.587. The number of hydrogen-bond donors (Lipinski definition) is 1. The van der Waals surface area contributed by atoms with Crippen molar-refractivity contribution in [2.45, 2.75) is 11.8 Å². The summed E-state index contributed by atoms with van der Waals surface area (Å²) in [6, 6.07) is 16.3. The lowest BCUT2D eigenvalue weighted by molar-refractivity contribution is -0.114. The summed E-state index contributed by atoms with van der Waals surface area (Å²) in [6.07, 6.45) is 0. The second-order valence-corrected chi connectivity index (χ2v) is 9.78.